The molecule has 1 fully saturated rings. The van der Waals surface area contributed by atoms with E-state index in [1.807, 2.05) is 26.0 Å². The maximum Gasteiger partial charge on any atom is 0.129 e. The molecule has 0 radical (unpaired) electrons. The summed E-state index contributed by atoms with van der Waals surface area (Å²) in [5.41, 5.74) is 8.63. The van der Waals surface area contributed by atoms with Crippen LogP contribution < -0.4 is 5.73 Å². The summed E-state index contributed by atoms with van der Waals surface area (Å²) in [6.07, 6.45) is 1.03. The van der Waals surface area contributed by atoms with E-state index in [-0.39, 0.29) is 5.82 Å². The predicted molar refractivity (Wildman–Crippen MR) is 60.4 cm³/mol. The predicted octanol–water partition coefficient (Wildman–Crippen LogP) is 2.89. The highest BCUT2D eigenvalue weighted by molar-refractivity contribution is 5.34. The van der Waals surface area contributed by atoms with Crippen molar-refractivity contribution < 1.29 is 4.39 Å². The van der Waals surface area contributed by atoms with Gasteiger partial charge in [0.25, 0.3) is 0 Å². The van der Waals surface area contributed by atoms with Crippen LogP contribution >= 0.6 is 0 Å². The molecule has 3 unspecified atom stereocenters. The van der Waals surface area contributed by atoms with Crippen LogP contribution in [0.3, 0.4) is 0 Å². The van der Waals surface area contributed by atoms with E-state index in [9.17, 15) is 4.39 Å². The molecule has 2 heteroatoms. The molecule has 0 heterocycles. The average molecular weight is 207 g/mol. The van der Waals surface area contributed by atoms with E-state index in [1.54, 1.807) is 0 Å². The number of aryl methyl sites for hydroxylation is 2. The zero-order chi connectivity index (χ0) is 11.2. The van der Waals surface area contributed by atoms with Gasteiger partial charge in [0, 0.05) is 6.04 Å². The van der Waals surface area contributed by atoms with Gasteiger partial charge in [0.15, 0.2) is 0 Å². The Kier molecular flexibility index (Phi) is 2.55. The zero-order valence-corrected chi connectivity index (χ0v) is 9.55. The lowest BCUT2D eigenvalue weighted by Gasteiger charge is -2.41. The third-order valence-electron chi connectivity index (χ3n) is 3.72. The van der Waals surface area contributed by atoms with Crippen LogP contribution in [0, 0.1) is 25.6 Å². The first kappa shape index (κ1) is 10.6. The molecular weight excluding hydrogens is 189 g/mol. The minimum absolute atomic E-state index is 0.0741. The van der Waals surface area contributed by atoms with Crippen molar-refractivity contribution in [3.63, 3.8) is 0 Å². The van der Waals surface area contributed by atoms with Gasteiger partial charge < -0.3 is 5.73 Å². The maximum absolute atomic E-state index is 13.4. The fourth-order valence-electron chi connectivity index (χ4n) is 2.46. The van der Waals surface area contributed by atoms with Crippen molar-refractivity contribution >= 4 is 0 Å². The molecule has 0 aromatic heterocycles. The van der Waals surface area contributed by atoms with Crippen LogP contribution in [0.25, 0.3) is 0 Å². The topological polar surface area (TPSA) is 26.0 Å². The molecule has 0 aliphatic heterocycles. The zero-order valence-electron chi connectivity index (χ0n) is 9.55. The van der Waals surface area contributed by atoms with E-state index in [0.29, 0.717) is 17.9 Å². The van der Waals surface area contributed by atoms with Gasteiger partial charge in [-0.05, 0) is 48.8 Å². The summed E-state index contributed by atoms with van der Waals surface area (Å²) in [6, 6.07) is 4.26. The lowest BCUT2D eigenvalue weighted by atomic mass is 9.67. The quantitative estimate of drug-likeness (QED) is 0.753. The molecule has 1 aromatic rings. The number of nitrogens with two attached hydrogens (primary N) is 1. The summed E-state index contributed by atoms with van der Waals surface area (Å²) in [6.45, 7) is 5.83. The maximum atomic E-state index is 13.4. The van der Waals surface area contributed by atoms with E-state index >= 15 is 0 Å². The summed E-state index contributed by atoms with van der Waals surface area (Å²) in [5.74, 6) is 0.974. The Morgan fingerprint density at radius 2 is 1.80 bits per heavy atom. The van der Waals surface area contributed by atoms with Crippen molar-refractivity contribution in [3.8, 4) is 0 Å². The van der Waals surface area contributed by atoms with Crippen LogP contribution in [0.1, 0.15) is 36.0 Å². The van der Waals surface area contributed by atoms with Gasteiger partial charge in [-0.3, -0.25) is 0 Å². The number of rotatable bonds is 1. The molecule has 2 N–H and O–H groups in total. The smallest absolute Gasteiger partial charge is 0.129 e. The van der Waals surface area contributed by atoms with Gasteiger partial charge in [0.2, 0.25) is 0 Å². The molecule has 0 spiro atoms. The Morgan fingerprint density at radius 1 is 1.27 bits per heavy atom. The highest BCUT2D eigenvalue weighted by atomic mass is 19.1. The van der Waals surface area contributed by atoms with Crippen LogP contribution in [-0.4, -0.2) is 6.04 Å². The van der Waals surface area contributed by atoms with Gasteiger partial charge in [-0.2, -0.15) is 0 Å². The Balaban J connectivity index is 2.31. The third-order valence-corrected chi connectivity index (χ3v) is 3.72. The number of hydrogen-bond donors (Lipinski definition) is 1. The number of benzene rings is 1. The molecule has 0 saturated heterocycles. The summed E-state index contributed by atoms with van der Waals surface area (Å²) in [4.78, 5) is 0. The fourth-order valence-corrected chi connectivity index (χ4v) is 2.46. The molecule has 0 amide bonds. The van der Waals surface area contributed by atoms with Crippen LogP contribution in [0.15, 0.2) is 12.1 Å². The van der Waals surface area contributed by atoms with Crippen LogP contribution in [0.2, 0.25) is 0 Å². The Bertz CT molecular complexity index is 363. The molecular formula is C13H18FN. The van der Waals surface area contributed by atoms with E-state index in [1.165, 1.54) is 5.56 Å². The fraction of sp³-hybridized carbons (Fsp3) is 0.538. The first-order chi connectivity index (χ1) is 7.00. The van der Waals surface area contributed by atoms with E-state index in [0.717, 1.165) is 17.5 Å². The van der Waals surface area contributed by atoms with Crippen molar-refractivity contribution in [1.29, 1.82) is 0 Å². The molecule has 1 aromatic carbocycles. The number of halogens is 1. The minimum atomic E-state index is -0.0741. The van der Waals surface area contributed by atoms with Crippen LogP contribution in [0.4, 0.5) is 4.39 Å². The monoisotopic (exact) mass is 207 g/mol. The highest BCUT2D eigenvalue weighted by Crippen LogP contribution is 2.41. The van der Waals surface area contributed by atoms with Crippen molar-refractivity contribution in [3.05, 3.63) is 34.6 Å². The molecule has 1 saturated carbocycles. The van der Waals surface area contributed by atoms with Crippen molar-refractivity contribution in [2.75, 3.05) is 0 Å². The standard InChI is InChI=1S/C13H18FN/c1-7-4-10(5-8(2)13(7)14)11-6-12(15)9(11)3/h4-5,9,11-12H,6,15H2,1-3H3. The molecule has 3 atom stereocenters. The molecule has 0 bridgehead atoms. The first-order valence-electron chi connectivity index (χ1n) is 5.53. The number of hydrogen-bond acceptors (Lipinski definition) is 1. The van der Waals surface area contributed by atoms with Gasteiger partial charge >= 0.3 is 0 Å². The molecule has 82 valence electrons. The normalized spacial score (nSPS) is 30.1. The lowest BCUT2D eigenvalue weighted by Crippen LogP contribution is -2.44. The van der Waals surface area contributed by atoms with Crippen molar-refractivity contribution in [2.45, 2.75) is 39.2 Å². The second-order valence-corrected chi connectivity index (χ2v) is 4.83. The molecule has 1 aliphatic rings. The Hall–Kier alpha value is -0.890. The van der Waals surface area contributed by atoms with E-state index in [2.05, 4.69) is 6.92 Å². The van der Waals surface area contributed by atoms with Crippen LogP contribution in [-0.2, 0) is 0 Å². The second-order valence-electron chi connectivity index (χ2n) is 4.83. The van der Waals surface area contributed by atoms with Gasteiger partial charge in [-0.15, -0.1) is 0 Å². The molecule has 1 aliphatic carbocycles. The largest absolute Gasteiger partial charge is 0.327 e. The van der Waals surface area contributed by atoms with Gasteiger partial charge in [0.05, 0.1) is 0 Å². The van der Waals surface area contributed by atoms with Crippen molar-refractivity contribution in [1.82, 2.24) is 0 Å². The summed E-state index contributed by atoms with van der Waals surface area (Å²) < 4.78 is 13.4. The van der Waals surface area contributed by atoms with E-state index < -0.39 is 0 Å². The first-order valence-corrected chi connectivity index (χ1v) is 5.53. The average Bonchev–Trinajstić information content (AvgIpc) is 2.21. The Labute approximate surface area is 90.5 Å². The molecule has 15 heavy (non-hydrogen) atoms. The van der Waals surface area contributed by atoms with E-state index in [4.69, 9.17) is 5.73 Å². The van der Waals surface area contributed by atoms with Crippen molar-refractivity contribution in [2.24, 2.45) is 11.7 Å². The summed E-state index contributed by atoms with van der Waals surface area (Å²) in [7, 11) is 0. The molecule has 2 rings (SSSR count). The van der Waals surface area contributed by atoms with Gasteiger partial charge in [0.1, 0.15) is 5.82 Å². The summed E-state index contributed by atoms with van der Waals surface area (Å²) >= 11 is 0. The van der Waals surface area contributed by atoms with Gasteiger partial charge in [-0.1, -0.05) is 19.1 Å². The summed E-state index contributed by atoms with van der Waals surface area (Å²) in [5, 5.41) is 0. The lowest BCUT2D eigenvalue weighted by molar-refractivity contribution is 0.226. The highest BCUT2D eigenvalue weighted by Gasteiger charge is 2.36. The molecule has 1 nitrogen and oxygen atoms in total. The second kappa shape index (κ2) is 3.60. The van der Waals surface area contributed by atoms with Crippen LogP contribution in [0.5, 0.6) is 0 Å². The SMILES string of the molecule is Cc1cc(C2CC(N)C2C)cc(C)c1F. The van der Waals surface area contributed by atoms with Gasteiger partial charge in [-0.25, -0.2) is 4.39 Å². The minimum Gasteiger partial charge on any atom is -0.327 e. The third kappa shape index (κ3) is 1.67. The Morgan fingerprint density at radius 3 is 2.20 bits per heavy atom.